The van der Waals surface area contributed by atoms with Crippen LogP contribution < -0.4 is 5.32 Å². The highest BCUT2D eigenvalue weighted by atomic mass is 32.2. The summed E-state index contributed by atoms with van der Waals surface area (Å²) in [5.41, 5.74) is 3.32. The summed E-state index contributed by atoms with van der Waals surface area (Å²) in [5, 5.41) is 15.1. The molecule has 0 saturated carbocycles. The Hall–Kier alpha value is -2.61. The smallest absolute Gasteiger partial charge is 0.236 e. The monoisotopic (exact) mass is 343 g/mol. The van der Waals surface area contributed by atoms with E-state index in [1.54, 1.807) is 19.3 Å². The van der Waals surface area contributed by atoms with Crippen molar-refractivity contribution in [2.75, 3.05) is 11.1 Å². The average molecular weight is 343 g/mol. The Bertz CT molecular complexity index is 871. The Morgan fingerprint density at radius 3 is 2.83 bits per heavy atom. The molecule has 0 bridgehead atoms. The highest BCUT2D eigenvalue weighted by Crippen LogP contribution is 2.22. The Labute approximate surface area is 143 Å². The zero-order valence-electron chi connectivity index (χ0n) is 13.6. The summed E-state index contributed by atoms with van der Waals surface area (Å²) < 4.78 is 6.80. The normalized spacial score (nSPS) is 10.8. The third-order valence-corrected chi connectivity index (χ3v) is 4.30. The largest absolute Gasteiger partial charge is 0.360 e. The summed E-state index contributed by atoms with van der Waals surface area (Å²) in [6, 6.07) is 7.83. The zero-order chi connectivity index (χ0) is 17.1. The van der Waals surface area contributed by atoms with E-state index in [-0.39, 0.29) is 11.7 Å². The molecule has 2 heterocycles. The van der Waals surface area contributed by atoms with Crippen molar-refractivity contribution in [1.82, 2.24) is 19.9 Å². The lowest BCUT2D eigenvalue weighted by atomic mass is 10.1. The number of anilines is 1. The van der Waals surface area contributed by atoms with Gasteiger partial charge in [0, 0.05) is 6.07 Å². The van der Waals surface area contributed by atoms with Gasteiger partial charge in [0.05, 0.1) is 11.4 Å². The number of thioether (sulfide) groups is 1. The number of nitrogens with one attached hydrogen (secondary N) is 1. The molecule has 0 atom stereocenters. The second kappa shape index (κ2) is 6.88. The predicted molar refractivity (Wildman–Crippen MR) is 91.4 cm³/mol. The van der Waals surface area contributed by atoms with Crippen LogP contribution in [0, 0.1) is 20.8 Å². The minimum atomic E-state index is -0.177. The van der Waals surface area contributed by atoms with E-state index < -0.39 is 0 Å². The molecule has 3 aromatic rings. The van der Waals surface area contributed by atoms with Crippen molar-refractivity contribution in [3.63, 3.8) is 0 Å². The molecule has 0 spiro atoms. The van der Waals surface area contributed by atoms with E-state index in [4.69, 9.17) is 4.52 Å². The topological polar surface area (TPSA) is 85.8 Å². The molecule has 124 valence electrons. The van der Waals surface area contributed by atoms with E-state index in [1.165, 1.54) is 17.3 Å². The first-order chi connectivity index (χ1) is 11.5. The molecule has 1 N–H and O–H groups in total. The fourth-order valence-electron chi connectivity index (χ4n) is 2.30. The van der Waals surface area contributed by atoms with Gasteiger partial charge < -0.3 is 9.84 Å². The number of nitrogens with zero attached hydrogens (tertiary/aromatic N) is 4. The Kier molecular flexibility index (Phi) is 4.66. The van der Waals surface area contributed by atoms with Crippen LogP contribution in [0.15, 0.2) is 40.3 Å². The van der Waals surface area contributed by atoms with Crippen molar-refractivity contribution in [1.29, 1.82) is 0 Å². The number of aryl methyl sites for hydroxylation is 3. The summed E-state index contributed by atoms with van der Waals surface area (Å²) in [4.78, 5) is 12.0. The van der Waals surface area contributed by atoms with Gasteiger partial charge in [-0.05, 0) is 32.4 Å². The Morgan fingerprint density at radius 1 is 1.29 bits per heavy atom. The molecule has 8 heteroatoms. The maximum atomic E-state index is 12.0. The lowest BCUT2D eigenvalue weighted by molar-refractivity contribution is -0.113. The molecule has 2 aromatic heterocycles. The quantitative estimate of drug-likeness (QED) is 0.717. The molecule has 0 saturated heterocycles. The van der Waals surface area contributed by atoms with E-state index in [0.29, 0.717) is 16.7 Å². The minimum Gasteiger partial charge on any atom is -0.360 e. The first-order valence-electron chi connectivity index (χ1n) is 7.36. The number of rotatable bonds is 5. The Morgan fingerprint density at radius 2 is 2.12 bits per heavy atom. The maximum Gasteiger partial charge on any atom is 0.236 e. The minimum absolute atomic E-state index is 0.177. The SMILES string of the molecule is Cc1ccc(-n2cnnc2SCC(=O)Nc2cc(C)on2)c(C)c1. The Balaban J connectivity index is 1.68. The highest BCUT2D eigenvalue weighted by molar-refractivity contribution is 7.99. The predicted octanol–water partition coefficient (Wildman–Crippen LogP) is 2.91. The maximum absolute atomic E-state index is 12.0. The molecule has 0 aliphatic carbocycles. The summed E-state index contributed by atoms with van der Waals surface area (Å²) in [6.45, 7) is 5.86. The number of amides is 1. The number of aromatic nitrogens is 4. The van der Waals surface area contributed by atoms with Crippen molar-refractivity contribution >= 4 is 23.5 Å². The number of carbonyl (C=O) groups is 1. The number of hydrogen-bond acceptors (Lipinski definition) is 6. The molecule has 0 radical (unpaired) electrons. The van der Waals surface area contributed by atoms with E-state index in [0.717, 1.165) is 11.3 Å². The van der Waals surface area contributed by atoms with Crippen LogP contribution in [0.4, 0.5) is 5.82 Å². The van der Waals surface area contributed by atoms with Crippen LogP contribution in [0.5, 0.6) is 0 Å². The van der Waals surface area contributed by atoms with Crippen molar-refractivity contribution in [2.24, 2.45) is 0 Å². The van der Waals surface area contributed by atoms with E-state index in [2.05, 4.69) is 33.7 Å². The molecular formula is C16H17N5O2S. The van der Waals surface area contributed by atoms with Crippen LogP contribution in [0.2, 0.25) is 0 Å². The summed E-state index contributed by atoms with van der Waals surface area (Å²) in [5.74, 6) is 1.08. The molecule has 3 rings (SSSR count). The van der Waals surface area contributed by atoms with Gasteiger partial charge in [0.15, 0.2) is 11.0 Å². The lowest BCUT2D eigenvalue weighted by Crippen LogP contribution is -2.14. The molecular weight excluding hydrogens is 326 g/mol. The van der Waals surface area contributed by atoms with Gasteiger partial charge >= 0.3 is 0 Å². The molecule has 0 aliphatic rings. The molecule has 1 aromatic carbocycles. The average Bonchev–Trinajstić information content (AvgIpc) is 3.14. The van der Waals surface area contributed by atoms with Crippen LogP contribution in [0.25, 0.3) is 5.69 Å². The van der Waals surface area contributed by atoms with Gasteiger partial charge in [0.25, 0.3) is 0 Å². The standard InChI is InChI=1S/C16H17N5O2S/c1-10-4-5-13(11(2)6-10)21-9-17-19-16(21)24-8-15(22)18-14-7-12(3)23-20-14/h4-7,9H,8H2,1-3H3,(H,18,20,22). The number of carbonyl (C=O) groups excluding carboxylic acids is 1. The molecule has 0 unspecified atom stereocenters. The van der Waals surface area contributed by atoms with E-state index in [9.17, 15) is 4.79 Å². The van der Waals surface area contributed by atoms with Gasteiger partial charge in [-0.25, -0.2) is 0 Å². The van der Waals surface area contributed by atoms with Crippen LogP contribution in [-0.4, -0.2) is 31.6 Å². The van der Waals surface area contributed by atoms with E-state index >= 15 is 0 Å². The van der Waals surface area contributed by atoms with Gasteiger partial charge in [-0.1, -0.05) is 34.6 Å². The fraction of sp³-hybridized carbons (Fsp3) is 0.250. The zero-order valence-corrected chi connectivity index (χ0v) is 14.4. The third kappa shape index (κ3) is 3.65. The first kappa shape index (κ1) is 16.3. The second-order valence-corrected chi connectivity index (χ2v) is 6.38. The van der Waals surface area contributed by atoms with Crippen LogP contribution in [-0.2, 0) is 4.79 Å². The lowest BCUT2D eigenvalue weighted by Gasteiger charge is -2.10. The van der Waals surface area contributed by atoms with Crippen LogP contribution in [0.3, 0.4) is 0 Å². The van der Waals surface area contributed by atoms with Gasteiger partial charge in [-0.15, -0.1) is 10.2 Å². The van der Waals surface area contributed by atoms with Crippen molar-refractivity contribution < 1.29 is 9.32 Å². The first-order valence-corrected chi connectivity index (χ1v) is 8.35. The van der Waals surface area contributed by atoms with Crippen molar-refractivity contribution in [2.45, 2.75) is 25.9 Å². The number of hydrogen-bond donors (Lipinski definition) is 1. The van der Waals surface area contributed by atoms with Gasteiger partial charge in [0.2, 0.25) is 5.91 Å². The molecule has 1 amide bonds. The molecule has 24 heavy (non-hydrogen) atoms. The summed E-state index contributed by atoms with van der Waals surface area (Å²) >= 11 is 1.31. The second-order valence-electron chi connectivity index (χ2n) is 5.43. The van der Waals surface area contributed by atoms with E-state index in [1.807, 2.05) is 23.6 Å². The molecule has 0 aliphatic heterocycles. The molecule has 0 fully saturated rings. The van der Waals surface area contributed by atoms with Crippen molar-refractivity contribution in [3.05, 3.63) is 47.5 Å². The molecule has 7 nitrogen and oxygen atoms in total. The third-order valence-electron chi connectivity index (χ3n) is 3.36. The summed E-state index contributed by atoms with van der Waals surface area (Å²) in [6.07, 6.45) is 1.65. The van der Waals surface area contributed by atoms with Gasteiger partial charge in [-0.2, -0.15) is 0 Å². The van der Waals surface area contributed by atoms with Crippen LogP contribution in [0.1, 0.15) is 16.9 Å². The highest BCUT2D eigenvalue weighted by Gasteiger charge is 2.12. The summed E-state index contributed by atoms with van der Waals surface area (Å²) in [7, 11) is 0. The van der Waals surface area contributed by atoms with Crippen LogP contribution >= 0.6 is 11.8 Å². The van der Waals surface area contributed by atoms with Crippen molar-refractivity contribution in [3.8, 4) is 5.69 Å². The number of benzene rings is 1. The van der Waals surface area contributed by atoms with Gasteiger partial charge in [-0.3, -0.25) is 9.36 Å². The van der Waals surface area contributed by atoms with Gasteiger partial charge in [0.1, 0.15) is 12.1 Å². The fourth-order valence-corrected chi connectivity index (χ4v) is 3.02.